The van der Waals surface area contributed by atoms with Crippen molar-refractivity contribution in [1.29, 1.82) is 0 Å². The number of nitrogens with zero attached hydrogens (tertiary/aromatic N) is 6. The van der Waals surface area contributed by atoms with Crippen molar-refractivity contribution in [2.24, 2.45) is 0 Å². The molecule has 0 aromatic carbocycles. The molecule has 4 heterocycles. The van der Waals surface area contributed by atoms with E-state index in [1.54, 1.807) is 6.20 Å². The van der Waals surface area contributed by atoms with Crippen LogP contribution in [0.2, 0.25) is 0 Å². The highest BCUT2D eigenvalue weighted by Crippen LogP contribution is 2.24. The van der Waals surface area contributed by atoms with Crippen molar-refractivity contribution in [3.63, 3.8) is 0 Å². The average Bonchev–Trinajstić information content (AvgIpc) is 2.68. The van der Waals surface area contributed by atoms with E-state index in [2.05, 4.69) is 40.7 Å². The van der Waals surface area contributed by atoms with Crippen molar-refractivity contribution >= 4 is 33.4 Å². The summed E-state index contributed by atoms with van der Waals surface area (Å²) >= 11 is 3.25. The Morgan fingerprint density at radius 1 is 0.926 bits per heavy atom. The molecule has 0 bridgehead atoms. The number of aromatic nitrogens is 3. The minimum Gasteiger partial charge on any atom is -0.378 e. The smallest absolute Gasteiger partial charge is 0.166 e. The number of rotatable bonds is 3. The van der Waals surface area contributed by atoms with E-state index in [4.69, 9.17) is 4.74 Å². The molecular formula is C18H22BrFN6O. The lowest BCUT2D eigenvalue weighted by Gasteiger charge is -2.36. The van der Waals surface area contributed by atoms with Gasteiger partial charge < -0.3 is 19.4 Å². The minimum atomic E-state index is -0.301. The van der Waals surface area contributed by atoms with Gasteiger partial charge >= 0.3 is 0 Å². The number of pyridine rings is 1. The highest BCUT2D eigenvalue weighted by atomic mass is 79.9. The summed E-state index contributed by atoms with van der Waals surface area (Å²) in [5.74, 6) is 2.74. The van der Waals surface area contributed by atoms with Gasteiger partial charge in [0.15, 0.2) is 11.6 Å². The molecule has 2 aliphatic rings. The summed E-state index contributed by atoms with van der Waals surface area (Å²) in [6.07, 6.45) is 1.63. The summed E-state index contributed by atoms with van der Waals surface area (Å²) < 4.78 is 20.3. The lowest BCUT2D eigenvalue weighted by molar-refractivity contribution is 0.122. The molecule has 0 radical (unpaired) electrons. The fraction of sp³-hybridized carbons (Fsp3) is 0.500. The summed E-state index contributed by atoms with van der Waals surface area (Å²) in [6.45, 7) is 7.97. The zero-order chi connectivity index (χ0) is 18.8. The Labute approximate surface area is 166 Å². The van der Waals surface area contributed by atoms with Crippen molar-refractivity contribution in [1.82, 2.24) is 15.0 Å². The molecule has 0 N–H and O–H groups in total. The maximum absolute atomic E-state index is 14.2. The van der Waals surface area contributed by atoms with Crippen LogP contribution in [-0.4, -0.2) is 67.4 Å². The second-order valence-corrected chi connectivity index (χ2v) is 7.58. The van der Waals surface area contributed by atoms with Gasteiger partial charge in [0.05, 0.1) is 13.2 Å². The predicted molar refractivity (Wildman–Crippen MR) is 106 cm³/mol. The Morgan fingerprint density at radius 2 is 1.52 bits per heavy atom. The second-order valence-electron chi connectivity index (χ2n) is 6.66. The summed E-state index contributed by atoms with van der Waals surface area (Å²) in [7, 11) is 0. The number of aryl methyl sites for hydroxylation is 1. The van der Waals surface area contributed by atoms with Gasteiger partial charge in [0.2, 0.25) is 0 Å². The van der Waals surface area contributed by atoms with Gasteiger partial charge in [-0.1, -0.05) is 0 Å². The molecule has 7 nitrogen and oxygen atoms in total. The van der Waals surface area contributed by atoms with Crippen molar-refractivity contribution in [2.45, 2.75) is 6.92 Å². The van der Waals surface area contributed by atoms with Gasteiger partial charge in [-0.15, -0.1) is 0 Å². The van der Waals surface area contributed by atoms with Crippen LogP contribution in [0.4, 0.5) is 21.8 Å². The fourth-order valence-corrected chi connectivity index (χ4v) is 3.74. The van der Waals surface area contributed by atoms with Gasteiger partial charge in [-0.05, 0) is 28.9 Å². The van der Waals surface area contributed by atoms with Crippen molar-refractivity contribution in [3.8, 4) is 0 Å². The van der Waals surface area contributed by atoms with Crippen LogP contribution in [0.5, 0.6) is 0 Å². The van der Waals surface area contributed by atoms with Gasteiger partial charge in [-0.3, -0.25) is 0 Å². The van der Waals surface area contributed by atoms with Crippen LogP contribution in [0, 0.1) is 12.7 Å². The first-order valence-corrected chi connectivity index (χ1v) is 9.89. The third-order valence-electron chi connectivity index (χ3n) is 4.84. The zero-order valence-electron chi connectivity index (χ0n) is 15.2. The molecule has 0 aliphatic carbocycles. The maximum Gasteiger partial charge on any atom is 0.166 e. The number of hydrogen-bond acceptors (Lipinski definition) is 7. The lowest BCUT2D eigenvalue weighted by Crippen LogP contribution is -2.47. The van der Waals surface area contributed by atoms with Crippen LogP contribution in [-0.2, 0) is 4.74 Å². The number of anilines is 3. The van der Waals surface area contributed by atoms with Crippen molar-refractivity contribution < 1.29 is 9.13 Å². The largest absolute Gasteiger partial charge is 0.378 e. The molecule has 0 unspecified atom stereocenters. The summed E-state index contributed by atoms with van der Waals surface area (Å²) in [6, 6.07) is 3.50. The van der Waals surface area contributed by atoms with E-state index < -0.39 is 0 Å². The Bertz CT molecular complexity index is 808. The standard InChI is InChI=1S/C18H22BrFN6O/c1-13-22-16(11-17(23-13)25-6-8-27-9-7-25)24-2-4-26(5-3-24)18-15(20)10-14(19)12-21-18/h10-12H,2-9H2,1H3. The molecule has 27 heavy (non-hydrogen) atoms. The van der Waals surface area contributed by atoms with Gasteiger partial charge in [-0.25, -0.2) is 19.3 Å². The maximum atomic E-state index is 14.2. The van der Waals surface area contributed by atoms with Gasteiger partial charge in [0, 0.05) is 56.0 Å². The first-order valence-electron chi connectivity index (χ1n) is 9.09. The normalized spacial score (nSPS) is 18.1. The van der Waals surface area contributed by atoms with Crippen LogP contribution < -0.4 is 14.7 Å². The first-order chi connectivity index (χ1) is 13.1. The van der Waals surface area contributed by atoms with E-state index in [9.17, 15) is 4.39 Å². The topological polar surface area (TPSA) is 57.6 Å². The van der Waals surface area contributed by atoms with E-state index in [1.807, 2.05) is 17.9 Å². The molecule has 2 fully saturated rings. The summed E-state index contributed by atoms with van der Waals surface area (Å²) in [5, 5.41) is 0. The van der Waals surface area contributed by atoms with E-state index in [0.717, 1.165) is 56.9 Å². The lowest BCUT2D eigenvalue weighted by atomic mass is 10.3. The molecule has 2 aliphatic heterocycles. The average molecular weight is 437 g/mol. The predicted octanol–water partition coefficient (Wildman–Crippen LogP) is 2.24. The molecule has 2 aromatic heterocycles. The molecule has 2 aromatic rings. The highest BCUT2D eigenvalue weighted by Gasteiger charge is 2.23. The molecule has 144 valence electrons. The van der Waals surface area contributed by atoms with E-state index in [0.29, 0.717) is 23.4 Å². The van der Waals surface area contributed by atoms with E-state index in [1.165, 1.54) is 6.07 Å². The van der Waals surface area contributed by atoms with Crippen LogP contribution in [0.15, 0.2) is 22.8 Å². The Kier molecular flexibility index (Phi) is 5.40. The number of piperazine rings is 1. The van der Waals surface area contributed by atoms with Gasteiger partial charge in [-0.2, -0.15) is 0 Å². The fourth-order valence-electron chi connectivity index (χ4n) is 3.44. The quantitative estimate of drug-likeness (QED) is 0.730. The first kappa shape index (κ1) is 18.4. The minimum absolute atomic E-state index is 0.301. The Morgan fingerprint density at radius 3 is 2.15 bits per heavy atom. The van der Waals surface area contributed by atoms with Crippen molar-refractivity contribution in [3.05, 3.63) is 34.4 Å². The third kappa shape index (κ3) is 4.14. The van der Waals surface area contributed by atoms with Crippen molar-refractivity contribution in [2.75, 3.05) is 67.2 Å². The van der Waals surface area contributed by atoms with Crippen LogP contribution >= 0.6 is 15.9 Å². The molecule has 0 saturated carbocycles. The molecule has 0 atom stereocenters. The van der Waals surface area contributed by atoms with Crippen LogP contribution in [0.1, 0.15) is 5.82 Å². The number of hydrogen-bond donors (Lipinski definition) is 0. The molecule has 0 spiro atoms. The molecule has 0 amide bonds. The monoisotopic (exact) mass is 436 g/mol. The number of ether oxygens (including phenoxy) is 1. The Balaban J connectivity index is 1.47. The number of morpholine rings is 1. The molecular weight excluding hydrogens is 415 g/mol. The summed E-state index contributed by atoms with van der Waals surface area (Å²) in [4.78, 5) is 19.9. The summed E-state index contributed by atoms with van der Waals surface area (Å²) in [5.41, 5.74) is 0. The van der Waals surface area contributed by atoms with Crippen LogP contribution in [0.3, 0.4) is 0 Å². The highest BCUT2D eigenvalue weighted by molar-refractivity contribution is 9.10. The zero-order valence-corrected chi connectivity index (χ0v) is 16.8. The Hall–Kier alpha value is -2.00. The van der Waals surface area contributed by atoms with E-state index >= 15 is 0 Å². The molecule has 2 saturated heterocycles. The molecule has 9 heteroatoms. The second kappa shape index (κ2) is 7.93. The van der Waals surface area contributed by atoms with Crippen LogP contribution in [0.25, 0.3) is 0 Å². The molecule has 4 rings (SSSR count). The van der Waals surface area contributed by atoms with Gasteiger partial charge in [0.1, 0.15) is 17.5 Å². The van der Waals surface area contributed by atoms with E-state index in [-0.39, 0.29) is 5.82 Å². The number of halogens is 2. The third-order valence-corrected chi connectivity index (χ3v) is 5.27. The SMILES string of the molecule is Cc1nc(N2CCOCC2)cc(N2CCN(c3ncc(Br)cc3F)CC2)n1. The van der Waals surface area contributed by atoms with Gasteiger partial charge in [0.25, 0.3) is 0 Å².